The van der Waals surface area contributed by atoms with Gasteiger partial charge in [0.1, 0.15) is 5.69 Å². The zero-order valence-corrected chi connectivity index (χ0v) is 11.7. The molecule has 0 atom stereocenters. The predicted molar refractivity (Wildman–Crippen MR) is 77.8 cm³/mol. The fourth-order valence-electron chi connectivity index (χ4n) is 2.18. The van der Waals surface area contributed by atoms with E-state index in [9.17, 15) is 9.90 Å². The molecule has 3 rings (SSSR count). The maximum absolute atomic E-state index is 12.1. The standard InChI is InChI=1S/C15H15ClN2O2/c16-11-7-13(18-12-4-2-1-3-10(11)12)14(20)17-8-15(9-19)5-6-15/h1-4,7,19H,5-6,8-9H2,(H,17,20). The summed E-state index contributed by atoms with van der Waals surface area (Å²) in [5, 5.41) is 13.4. The van der Waals surface area contributed by atoms with E-state index in [0.29, 0.717) is 22.8 Å². The van der Waals surface area contributed by atoms with Crippen LogP contribution in [-0.4, -0.2) is 29.1 Å². The van der Waals surface area contributed by atoms with Crippen LogP contribution >= 0.6 is 11.6 Å². The molecule has 2 N–H and O–H groups in total. The first-order valence-corrected chi connectivity index (χ1v) is 6.96. The molecule has 1 aromatic carbocycles. The van der Waals surface area contributed by atoms with Gasteiger partial charge in [0.2, 0.25) is 0 Å². The van der Waals surface area contributed by atoms with Gasteiger partial charge in [-0.05, 0) is 25.0 Å². The van der Waals surface area contributed by atoms with Crippen molar-refractivity contribution in [2.24, 2.45) is 5.41 Å². The lowest BCUT2D eigenvalue weighted by molar-refractivity contribution is 0.0930. The molecular weight excluding hydrogens is 276 g/mol. The summed E-state index contributed by atoms with van der Waals surface area (Å²) in [4.78, 5) is 16.4. The second-order valence-corrected chi connectivity index (χ2v) is 5.75. The molecule has 0 saturated heterocycles. The van der Waals surface area contributed by atoms with Crippen molar-refractivity contribution in [2.75, 3.05) is 13.2 Å². The summed E-state index contributed by atoms with van der Waals surface area (Å²) < 4.78 is 0. The molecule has 1 aliphatic rings. The van der Waals surface area contributed by atoms with Crippen molar-refractivity contribution < 1.29 is 9.90 Å². The Balaban J connectivity index is 1.81. The molecule has 1 saturated carbocycles. The van der Waals surface area contributed by atoms with E-state index < -0.39 is 0 Å². The number of pyridine rings is 1. The minimum Gasteiger partial charge on any atom is -0.396 e. The van der Waals surface area contributed by atoms with Crippen molar-refractivity contribution in [1.29, 1.82) is 0 Å². The number of nitrogens with zero attached hydrogens (tertiary/aromatic N) is 1. The molecule has 5 heteroatoms. The Morgan fingerprint density at radius 1 is 1.40 bits per heavy atom. The number of nitrogens with one attached hydrogen (secondary N) is 1. The van der Waals surface area contributed by atoms with E-state index in [1.807, 2.05) is 24.3 Å². The Morgan fingerprint density at radius 3 is 2.85 bits per heavy atom. The number of carbonyl (C=O) groups excluding carboxylic acids is 1. The SMILES string of the molecule is O=C(NCC1(CO)CC1)c1cc(Cl)c2ccccc2n1. The first-order valence-electron chi connectivity index (χ1n) is 6.58. The Morgan fingerprint density at radius 2 is 2.15 bits per heavy atom. The number of halogens is 1. The summed E-state index contributed by atoms with van der Waals surface area (Å²) in [5.74, 6) is -0.252. The molecule has 0 unspecified atom stereocenters. The van der Waals surface area contributed by atoms with Crippen molar-refractivity contribution in [3.05, 3.63) is 41.0 Å². The Hall–Kier alpha value is -1.65. The summed E-state index contributed by atoms with van der Waals surface area (Å²) in [5.41, 5.74) is 0.895. The Bertz CT molecular complexity index is 668. The Kier molecular flexibility index (Phi) is 3.36. The van der Waals surface area contributed by atoms with Crippen LogP contribution in [-0.2, 0) is 0 Å². The van der Waals surface area contributed by atoms with Gasteiger partial charge < -0.3 is 10.4 Å². The highest BCUT2D eigenvalue weighted by Crippen LogP contribution is 2.44. The average Bonchev–Trinajstić information content (AvgIpc) is 3.25. The van der Waals surface area contributed by atoms with Gasteiger partial charge >= 0.3 is 0 Å². The van der Waals surface area contributed by atoms with Crippen molar-refractivity contribution in [3.8, 4) is 0 Å². The third-order valence-electron chi connectivity index (χ3n) is 3.81. The first kappa shape index (κ1) is 13.3. The molecule has 0 spiro atoms. The molecule has 1 aliphatic carbocycles. The molecular formula is C15H15ClN2O2. The van der Waals surface area contributed by atoms with Gasteiger partial charge in [-0.15, -0.1) is 0 Å². The number of hydrogen-bond donors (Lipinski definition) is 2. The third kappa shape index (κ3) is 2.49. The summed E-state index contributed by atoms with van der Waals surface area (Å²) in [7, 11) is 0. The number of fused-ring (bicyclic) bond motifs is 1. The van der Waals surface area contributed by atoms with Crippen LogP contribution in [0.5, 0.6) is 0 Å². The lowest BCUT2D eigenvalue weighted by Crippen LogP contribution is -2.32. The van der Waals surface area contributed by atoms with Gasteiger partial charge in [-0.3, -0.25) is 4.79 Å². The van der Waals surface area contributed by atoms with Crippen molar-refractivity contribution >= 4 is 28.4 Å². The lowest BCUT2D eigenvalue weighted by atomic mass is 10.1. The number of benzene rings is 1. The fraction of sp³-hybridized carbons (Fsp3) is 0.333. The number of aliphatic hydroxyl groups is 1. The van der Waals surface area contributed by atoms with Crippen LogP contribution < -0.4 is 5.32 Å². The van der Waals surface area contributed by atoms with E-state index in [2.05, 4.69) is 10.3 Å². The Labute approximate surface area is 121 Å². The van der Waals surface area contributed by atoms with Gasteiger partial charge in [0, 0.05) is 17.3 Å². The molecule has 1 amide bonds. The molecule has 4 nitrogen and oxygen atoms in total. The molecule has 1 heterocycles. The number of rotatable bonds is 4. The van der Waals surface area contributed by atoms with Crippen molar-refractivity contribution in [3.63, 3.8) is 0 Å². The number of carbonyl (C=O) groups is 1. The normalized spacial score (nSPS) is 16.1. The van der Waals surface area contributed by atoms with Crippen LogP contribution in [0.4, 0.5) is 0 Å². The summed E-state index contributed by atoms with van der Waals surface area (Å²) in [6, 6.07) is 9.02. The van der Waals surface area contributed by atoms with Crippen molar-refractivity contribution in [1.82, 2.24) is 10.3 Å². The number of hydrogen-bond acceptors (Lipinski definition) is 3. The van der Waals surface area contributed by atoms with Crippen LogP contribution in [0.2, 0.25) is 5.02 Å². The third-order valence-corrected chi connectivity index (χ3v) is 4.13. The van der Waals surface area contributed by atoms with E-state index in [0.717, 1.165) is 18.2 Å². The summed E-state index contributed by atoms with van der Waals surface area (Å²) in [6.45, 7) is 0.591. The largest absolute Gasteiger partial charge is 0.396 e. The summed E-state index contributed by atoms with van der Waals surface area (Å²) in [6.07, 6.45) is 1.91. The van der Waals surface area contributed by atoms with Crippen LogP contribution in [0.1, 0.15) is 23.3 Å². The van der Waals surface area contributed by atoms with E-state index >= 15 is 0 Å². The lowest BCUT2D eigenvalue weighted by Gasteiger charge is -2.12. The molecule has 0 radical (unpaired) electrons. The molecule has 20 heavy (non-hydrogen) atoms. The smallest absolute Gasteiger partial charge is 0.269 e. The zero-order valence-electron chi connectivity index (χ0n) is 10.9. The minimum atomic E-state index is -0.252. The van der Waals surface area contributed by atoms with Crippen molar-refractivity contribution in [2.45, 2.75) is 12.8 Å². The molecule has 1 fully saturated rings. The zero-order chi connectivity index (χ0) is 14.2. The quantitative estimate of drug-likeness (QED) is 0.909. The highest BCUT2D eigenvalue weighted by atomic mass is 35.5. The van der Waals surface area contributed by atoms with Crippen LogP contribution in [0, 0.1) is 5.41 Å². The number of aliphatic hydroxyl groups excluding tert-OH is 1. The van der Waals surface area contributed by atoms with E-state index in [1.54, 1.807) is 6.07 Å². The maximum Gasteiger partial charge on any atom is 0.269 e. The fourth-order valence-corrected chi connectivity index (χ4v) is 2.44. The molecule has 2 aromatic rings. The number of para-hydroxylation sites is 1. The van der Waals surface area contributed by atoms with Gasteiger partial charge in [0.25, 0.3) is 5.91 Å². The first-order chi connectivity index (χ1) is 9.63. The monoisotopic (exact) mass is 290 g/mol. The number of aromatic nitrogens is 1. The minimum absolute atomic E-state index is 0.110. The van der Waals surface area contributed by atoms with Gasteiger partial charge in [0.15, 0.2) is 0 Å². The highest BCUT2D eigenvalue weighted by Gasteiger charge is 2.42. The molecule has 0 bridgehead atoms. The maximum atomic E-state index is 12.1. The molecule has 1 aromatic heterocycles. The second kappa shape index (κ2) is 5.04. The topological polar surface area (TPSA) is 62.2 Å². The van der Waals surface area contributed by atoms with Gasteiger partial charge in [-0.25, -0.2) is 4.98 Å². The number of amides is 1. The average molecular weight is 291 g/mol. The van der Waals surface area contributed by atoms with Crippen LogP contribution in [0.25, 0.3) is 10.9 Å². The molecule has 104 valence electrons. The summed E-state index contributed by atoms with van der Waals surface area (Å²) >= 11 is 6.18. The molecule has 0 aliphatic heterocycles. The van der Waals surface area contributed by atoms with Gasteiger partial charge in [-0.2, -0.15) is 0 Å². The van der Waals surface area contributed by atoms with E-state index in [-0.39, 0.29) is 17.9 Å². The van der Waals surface area contributed by atoms with Crippen LogP contribution in [0.15, 0.2) is 30.3 Å². The van der Waals surface area contributed by atoms with E-state index in [4.69, 9.17) is 11.6 Å². The van der Waals surface area contributed by atoms with Crippen LogP contribution in [0.3, 0.4) is 0 Å². The predicted octanol–water partition coefficient (Wildman–Crippen LogP) is 2.39. The second-order valence-electron chi connectivity index (χ2n) is 5.35. The van der Waals surface area contributed by atoms with Gasteiger partial charge in [0.05, 0.1) is 17.1 Å². The van der Waals surface area contributed by atoms with E-state index in [1.165, 1.54) is 0 Å². The van der Waals surface area contributed by atoms with Gasteiger partial charge in [-0.1, -0.05) is 29.8 Å². The highest BCUT2D eigenvalue weighted by molar-refractivity contribution is 6.35.